The largest absolute Gasteiger partial charge is 0.490 e. The molecule has 0 saturated carbocycles. The molecule has 7 nitrogen and oxygen atoms in total. The van der Waals surface area contributed by atoms with Crippen LogP contribution in [0.25, 0.3) is 0 Å². The number of nitriles is 1. The Morgan fingerprint density at radius 1 is 1.65 bits per heavy atom. The fourth-order valence-corrected chi connectivity index (χ4v) is 1.30. The molecular formula is C10H8N2O5. The number of rotatable bonds is 4. The van der Waals surface area contributed by atoms with E-state index in [9.17, 15) is 14.9 Å². The lowest BCUT2D eigenvalue weighted by Gasteiger charge is -2.06. The molecule has 1 unspecified atom stereocenters. The lowest BCUT2D eigenvalue weighted by molar-refractivity contribution is -0.385. The summed E-state index contributed by atoms with van der Waals surface area (Å²) in [6.07, 6.45) is 0. The number of carboxylic acid groups (broad SMARTS) is 1. The SMILES string of the molecule is COc1cc(C(C#N)C(=O)O)ccc1[N+](=O)[O-]. The minimum absolute atomic E-state index is 0.0750. The van der Waals surface area contributed by atoms with E-state index < -0.39 is 16.8 Å². The van der Waals surface area contributed by atoms with E-state index in [4.69, 9.17) is 15.1 Å². The molecule has 1 aromatic carbocycles. The first-order valence-electron chi connectivity index (χ1n) is 4.46. The van der Waals surface area contributed by atoms with E-state index in [2.05, 4.69) is 0 Å². The fourth-order valence-electron chi connectivity index (χ4n) is 1.30. The summed E-state index contributed by atoms with van der Waals surface area (Å²) in [5.41, 5.74) is -0.138. The normalized spacial score (nSPS) is 11.3. The van der Waals surface area contributed by atoms with E-state index in [1.165, 1.54) is 19.2 Å². The highest BCUT2D eigenvalue weighted by molar-refractivity contribution is 5.79. The van der Waals surface area contributed by atoms with Crippen LogP contribution in [0.1, 0.15) is 11.5 Å². The predicted octanol–water partition coefficient (Wildman–Crippen LogP) is 1.30. The lowest BCUT2D eigenvalue weighted by Crippen LogP contribution is -2.09. The second kappa shape index (κ2) is 4.94. The number of methoxy groups -OCH3 is 1. The summed E-state index contributed by atoms with van der Waals surface area (Å²) < 4.78 is 4.78. The predicted molar refractivity (Wildman–Crippen MR) is 55.6 cm³/mol. The maximum atomic E-state index is 10.8. The molecule has 0 amide bonds. The Bertz CT molecular complexity index is 506. The van der Waals surface area contributed by atoms with E-state index >= 15 is 0 Å². The smallest absolute Gasteiger partial charge is 0.325 e. The van der Waals surface area contributed by atoms with Crippen molar-refractivity contribution in [3.05, 3.63) is 33.9 Å². The van der Waals surface area contributed by atoms with Crippen LogP contribution in [0.15, 0.2) is 18.2 Å². The van der Waals surface area contributed by atoms with E-state index in [1.54, 1.807) is 6.07 Å². The van der Waals surface area contributed by atoms with Crippen molar-refractivity contribution >= 4 is 11.7 Å². The third-order valence-electron chi connectivity index (χ3n) is 2.11. The van der Waals surface area contributed by atoms with Crippen LogP contribution in [0.4, 0.5) is 5.69 Å². The van der Waals surface area contributed by atoms with Crippen LogP contribution in [0.5, 0.6) is 5.75 Å². The van der Waals surface area contributed by atoms with Gasteiger partial charge < -0.3 is 9.84 Å². The first-order valence-corrected chi connectivity index (χ1v) is 4.46. The van der Waals surface area contributed by atoms with Gasteiger partial charge >= 0.3 is 11.7 Å². The second-order valence-corrected chi connectivity index (χ2v) is 3.09. The average Bonchev–Trinajstić information content (AvgIpc) is 2.28. The van der Waals surface area contributed by atoms with E-state index in [-0.39, 0.29) is 17.0 Å². The maximum Gasteiger partial charge on any atom is 0.325 e. The maximum absolute atomic E-state index is 10.8. The molecule has 1 aromatic rings. The molecule has 7 heteroatoms. The van der Waals surface area contributed by atoms with Crippen molar-refractivity contribution in [1.82, 2.24) is 0 Å². The number of hydrogen-bond acceptors (Lipinski definition) is 5. The monoisotopic (exact) mass is 236 g/mol. The Kier molecular flexibility index (Phi) is 3.62. The van der Waals surface area contributed by atoms with E-state index in [0.29, 0.717) is 0 Å². The lowest BCUT2D eigenvalue weighted by atomic mass is 10.0. The number of carbonyl (C=O) groups is 1. The number of nitro benzene ring substituents is 1. The van der Waals surface area contributed by atoms with Crippen molar-refractivity contribution in [2.24, 2.45) is 0 Å². The van der Waals surface area contributed by atoms with Gasteiger partial charge in [0.15, 0.2) is 11.7 Å². The van der Waals surface area contributed by atoms with Gasteiger partial charge in [0.1, 0.15) is 0 Å². The summed E-state index contributed by atoms with van der Waals surface area (Å²) in [5, 5.41) is 28.1. The van der Waals surface area contributed by atoms with Gasteiger partial charge in [0.05, 0.1) is 18.1 Å². The van der Waals surface area contributed by atoms with Crippen LogP contribution >= 0.6 is 0 Å². The van der Waals surface area contributed by atoms with Crippen LogP contribution in [0.2, 0.25) is 0 Å². The van der Waals surface area contributed by atoms with Crippen LogP contribution in [-0.2, 0) is 4.79 Å². The van der Waals surface area contributed by atoms with Crippen LogP contribution in [-0.4, -0.2) is 23.1 Å². The van der Waals surface area contributed by atoms with Gasteiger partial charge in [-0.05, 0) is 17.7 Å². The minimum atomic E-state index is -1.37. The average molecular weight is 236 g/mol. The van der Waals surface area contributed by atoms with Gasteiger partial charge in [-0.3, -0.25) is 14.9 Å². The Hall–Kier alpha value is -2.62. The molecule has 0 spiro atoms. The Morgan fingerprint density at radius 3 is 2.71 bits per heavy atom. The molecule has 0 aromatic heterocycles. The third-order valence-corrected chi connectivity index (χ3v) is 2.11. The van der Waals surface area contributed by atoms with Gasteiger partial charge in [-0.15, -0.1) is 0 Å². The zero-order valence-corrected chi connectivity index (χ0v) is 8.78. The highest BCUT2D eigenvalue weighted by Crippen LogP contribution is 2.30. The Morgan fingerprint density at radius 2 is 2.29 bits per heavy atom. The molecule has 0 aliphatic carbocycles. The molecule has 0 aliphatic heterocycles. The highest BCUT2D eigenvalue weighted by Gasteiger charge is 2.23. The first-order chi connectivity index (χ1) is 8.01. The van der Waals surface area contributed by atoms with Crippen LogP contribution in [0.3, 0.4) is 0 Å². The van der Waals surface area contributed by atoms with Crippen LogP contribution < -0.4 is 4.74 Å². The molecule has 0 radical (unpaired) electrons. The molecule has 1 N–H and O–H groups in total. The molecule has 0 heterocycles. The van der Waals surface area contributed by atoms with Crippen molar-refractivity contribution in [2.45, 2.75) is 5.92 Å². The number of benzene rings is 1. The summed E-state index contributed by atoms with van der Waals surface area (Å²) in [4.78, 5) is 20.7. The van der Waals surface area contributed by atoms with E-state index in [1.807, 2.05) is 0 Å². The first kappa shape index (κ1) is 12.4. The number of nitro groups is 1. The summed E-state index contributed by atoms with van der Waals surface area (Å²) in [6.45, 7) is 0. The molecule has 0 bridgehead atoms. The molecule has 88 valence electrons. The molecule has 1 rings (SSSR count). The van der Waals surface area contributed by atoms with Crippen molar-refractivity contribution in [3.8, 4) is 11.8 Å². The quantitative estimate of drug-likeness (QED) is 0.622. The van der Waals surface area contributed by atoms with Crippen molar-refractivity contribution < 1.29 is 19.6 Å². The molecule has 0 fully saturated rings. The highest BCUT2D eigenvalue weighted by atomic mass is 16.6. The minimum Gasteiger partial charge on any atom is -0.490 e. The number of ether oxygens (including phenoxy) is 1. The second-order valence-electron chi connectivity index (χ2n) is 3.09. The summed E-state index contributed by atoms with van der Waals surface area (Å²) in [7, 11) is 1.23. The van der Waals surface area contributed by atoms with Gasteiger partial charge in [0.25, 0.3) is 0 Å². The van der Waals surface area contributed by atoms with Gasteiger partial charge in [0.2, 0.25) is 0 Å². The number of hydrogen-bond donors (Lipinski definition) is 1. The standard InChI is InChI=1S/C10H8N2O5/c1-17-9-4-6(7(5-11)10(13)14)2-3-8(9)12(15)16/h2-4,7H,1H3,(H,13,14). The molecule has 0 aliphatic rings. The zero-order chi connectivity index (χ0) is 13.0. The topological polar surface area (TPSA) is 113 Å². The van der Waals surface area contributed by atoms with Crippen molar-refractivity contribution in [2.75, 3.05) is 7.11 Å². The van der Waals surface area contributed by atoms with Crippen molar-refractivity contribution in [1.29, 1.82) is 5.26 Å². The summed E-state index contributed by atoms with van der Waals surface area (Å²) in [5.74, 6) is -2.76. The fraction of sp³-hybridized carbons (Fsp3) is 0.200. The Labute approximate surface area is 96.0 Å². The van der Waals surface area contributed by atoms with Gasteiger partial charge in [0, 0.05) is 6.07 Å². The number of aliphatic carboxylic acids is 1. The van der Waals surface area contributed by atoms with E-state index in [0.717, 1.165) is 6.07 Å². The summed E-state index contributed by atoms with van der Waals surface area (Å²) >= 11 is 0. The van der Waals surface area contributed by atoms with Crippen molar-refractivity contribution in [3.63, 3.8) is 0 Å². The van der Waals surface area contributed by atoms with Gasteiger partial charge in [-0.1, -0.05) is 0 Å². The zero-order valence-electron chi connectivity index (χ0n) is 8.78. The van der Waals surface area contributed by atoms with Gasteiger partial charge in [-0.2, -0.15) is 5.26 Å². The molecule has 1 atom stereocenters. The summed E-state index contributed by atoms with van der Waals surface area (Å²) in [6, 6.07) is 5.11. The number of carboxylic acids is 1. The Balaban J connectivity index is 3.27. The molecular weight excluding hydrogens is 228 g/mol. The third kappa shape index (κ3) is 2.49. The molecule has 17 heavy (non-hydrogen) atoms. The van der Waals surface area contributed by atoms with Crippen LogP contribution in [0, 0.1) is 21.4 Å². The molecule has 0 saturated heterocycles. The number of nitrogens with zero attached hydrogens (tertiary/aromatic N) is 2. The van der Waals surface area contributed by atoms with Gasteiger partial charge in [-0.25, -0.2) is 0 Å².